The second kappa shape index (κ2) is 4.64. The predicted molar refractivity (Wildman–Crippen MR) is 80.6 cm³/mol. The van der Waals surface area contributed by atoms with Crippen molar-refractivity contribution >= 4 is 10.8 Å². The molecule has 0 amide bonds. The van der Waals surface area contributed by atoms with Crippen molar-refractivity contribution in [3.8, 4) is 0 Å². The fourth-order valence-corrected chi connectivity index (χ4v) is 4.09. The quantitative estimate of drug-likeness (QED) is 0.811. The SMILES string of the molecule is c1cc2c3c(cccc3c1)C(C1CCCCNC1)C2. The average molecular weight is 251 g/mol. The van der Waals surface area contributed by atoms with E-state index in [9.17, 15) is 0 Å². The summed E-state index contributed by atoms with van der Waals surface area (Å²) in [5, 5.41) is 6.62. The molecule has 1 saturated heterocycles. The van der Waals surface area contributed by atoms with Crippen LogP contribution in [0.3, 0.4) is 0 Å². The molecule has 2 unspecified atom stereocenters. The van der Waals surface area contributed by atoms with Crippen LogP contribution >= 0.6 is 0 Å². The van der Waals surface area contributed by atoms with Gasteiger partial charge in [-0.3, -0.25) is 0 Å². The van der Waals surface area contributed by atoms with E-state index in [0.29, 0.717) is 0 Å². The molecule has 1 fully saturated rings. The molecule has 1 heteroatoms. The van der Waals surface area contributed by atoms with Crippen LogP contribution in [0.1, 0.15) is 36.3 Å². The fourth-order valence-electron chi connectivity index (χ4n) is 4.09. The van der Waals surface area contributed by atoms with Crippen LogP contribution in [0.15, 0.2) is 36.4 Å². The highest BCUT2D eigenvalue weighted by molar-refractivity contribution is 5.91. The van der Waals surface area contributed by atoms with Crippen molar-refractivity contribution in [2.45, 2.75) is 31.6 Å². The summed E-state index contributed by atoms with van der Waals surface area (Å²) in [6.07, 6.45) is 5.38. The molecule has 2 atom stereocenters. The van der Waals surface area contributed by atoms with E-state index in [4.69, 9.17) is 0 Å². The first-order valence-electron chi connectivity index (χ1n) is 7.65. The normalized spacial score (nSPS) is 26.5. The number of nitrogens with one attached hydrogen (secondary N) is 1. The van der Waals surface area contributed by atoms with Crippen LogP contribution < -0.4 is 5.32 Å². The monoisotopic (exact) mass is 251 g/mol. The van der Waals surface area contributed by atoms with Gasteiger partial charge in [0.2, 0.25) is 0 Å². The zero-order valence-corrected chi connectivity index (χ0v) is 11.4. The fraction of sp³-hybridized carbons (Fsp3) is 0.444. The lowest BCUT2D eigenvalue weighted by Crippen LogP contribution is -2.25. The lowest BCUT2D eigenvalue weighted by Gasteiger charge is -2.23. The third kappa shape index (κ3) is 1.88. The first kappa shape index (κ1) is 11.5. The van der Waals surface area contributed by atoms with Crippen molar-refractivity contribution < 1.29 is 0 Å². The Labute approximate surface area is 115 Å². The number of hydrogen-bond acceptors (Lipinski definition) is 1. The molecule has 2 aliphatic rings. The summed E-state index contributed by atoms with van der Waals surface area (Å²) in [5.41, 5.74) is 3.18. The van der Waals surface area contributed by atoms with Crippen LogP contribution in [-0.4, -0.2) is 13.1 Å². The van der Waals surface area contributed by atoms with Gasteiger partial charge in [0, 0.05) is 0 Å². The minimum absolute atomic E-state index is 0.742. The summed E-state index contributed by atoms with van der Waals surface area (Å²) in [5.74, 6) is 1.56. The van der Waals surface area contributed by atoms with E-state index in [1.165, 1.54) is 44.2 Å². The van der Waals surface area contributed by atoms with Gasteiger partial charge in [-0.05, 0) is 66.1 Å². The summed E-state index contributed by atoms with van der Waals surface area (Å²) < 4.78 is 0. The van der Waals surface area contributed by atoms with Crippen LogP contribution in [0.5, 0.6) is 0 Å². The van der Waals surface area contributed by atoms with E-state index in [1.54, 1.807) is 16.5 Å². The van der Waals surface area contributed by atoms with Gasteiger partial charge in [0.15, 0.2) is 0 Å². The summed E-state index contributed by atoms with van der Waals surface area (Å²) in [6, 6.07) is 13.7. The maximum absolute atomic E-state index is 3.63. The van der Waals surface area contributed by atoms with Crippen molar-refractivity contribution in [3.05, 3.63) is 47.5 Å². The van der Waals surface area contributed by atoms with Gasteiger partial charge >= 0.3 is 0 Å². The third-order valence-electron chi connectivity index (χ3n) is 5.02. The molecule has 1 aliphatic carbocycles. The molecule has 19 heavy (non-hydrogen) atoms. The third-order valence-corrected chi connectivity index (χ3v) is 5.02. The van der Waals surface area contributed by atoms with Gasteiger partial charge in [-0.25, -0.2) is 0 Å². The number of benzene rings is 2. The summed E-state index contributed by atoms with van der Waals surface area (Å²) in [6.45, 7) is 2.41. The smallest absolute Gasteiger partial charge is 0.00145 e. The molecule has 98 valence electrons. The topological polar surface area (TPSA) is 12.0 Å². The molecular weight excluding hydrogens is 230 g/mol. The molecule has 0 radical (unpaired) electrons. The lowest BCUT2D eigenvalue weighted by atomic mass is 9.83. The molecule has 1 N–H and O–H groups in total. The zero-order valence-electron chi connectivity index (χ0n) is 11.4. The Morgan fingerprint density at radius 2 is 1.89 bits per heavy atom. The average Bonchev–Trinajstić information content (AvgIpc) is 2.65. The number of rotatable bonds is 1. The zero-order chi connectivity index (χ0) is 12.7. The van der Waals surface area contributed by atoms with E-state index in [1.807, 2.05) is 0 Å². The van der Waals surface area contributed by atoms with Crippen molar-refractivity contribution in [2.24, 2.45) is 5.92 Å². The van der Waals surface area contributed by atoms with Gasteiger partial charge < -0.3 is 5.32 Å². The Bertz CT molecular complexity index is 588. The van der Waals surface area contributed by atoms with Crippen molar-refractivity contribution in [2.75, 3.05) is 13.1 Å². The van der Waals surface area contributed by atoms with E-state index < -0.39 is 0 Å². The van der Waals surface area contributed by atoms with Crippen LogP contribution in [0.25, 0.3) is 10.8 Å². The van der Waals surface area contributed by atoms with Gasteiger partial charge in [-0.1, -0.05) is 42.8 Å². The maximum Gasteiger partial charge on any atom is -0.00145 e. The molecule has 0 spiro atoms. The Kier molecular flexibility index (Phi) is 2.81. The molecule has 0 bridgehead atoms. The molecule has 4 rings (SSSR count). The van der Waals surface area contributed by atoms with Crippen LogP contribution in [0.2, 0.25) is 0 Å². The predicted octanol–water partition coefficient (Wildman–Crippen LogP) is 3.87. The summed E-state index contributed by atoms with van der Waals surface area (Å²) in [4.78, 5) is 0. The summed E-state index contributed by atoms with van der Waals surface area (Å²) >= 11 is 0. The van der Waals surface area contributed by atoms with Crippen molar-refractivity contribution in [3.63, 3.8) is 0 Å². The highest BCUT2D eigenvalue weighted by Crippen LogP contribution is 2.43. The van der Waals surface area contributed by atoms with Gasteiger partial charge in [-0.15, -0.1) is 0 Å². The molecule has 1 nitrogen and oxygen atoms in total. The Balaban J connectivity index is 1.76. The van der Waals surface area contributed by atoms with Crippen LogP contribution in [-0.2, 0) is 6.42 Å². The first-order chi connectivity index (χ1) is 9.43. The molecule has 1 aliphatic heterocycles. The highest BCUT2D eigenvalue weighted by atomic mass is 14.9. The van der Waals surface area contributed by atoms with E-state index >= 15 is 0 Å². The van der Waals surface area contributed by atoms with E-state index in [0.717, 1.165) is 11.8 Å². The van der Waals surface area contributed by atoms with Crippen LogP contribution in [0, 0.1) is 5.92 Å². The highest BCUT2D eigenvalue weighted by Gasteiger charge is 2.30. The minimum atomic E-state index is 0.742. The Hall–Kier alpha value is -1.34. The van der Waals surface area contributed by atoms with Crippen molar-refractivity contribution in [1.82, 2.24) is 5.32 Å². The second-order valence-corrected chi connectivity index (χ2v) is 6.13. The maximum atomic E-state index is 3.63. The second-order valence-electron chi connectivity index (χ2n) is 6.13. The molecule has 1 heterocycles. The van der Waals surface area contributed by atoms with E-state index in [-0.39, 0.29) is 0 Å². The van der Waals surface area contributed by atoms with Crippen LogP contribution in [0.4, 0.5) is 0 Å². The molecule has 0 saturated carbocycles. The molecular formula is C18H21N. The van der Waals surface area contributed by atoms with Gasteiger partial charge in [0.25, 0.3) is 0 Å². The minimum Gasteiger partial charge on any atom is -0.316 e. The Morgan fingerprint density at radius 3 is 2.84 bits per heavy atom. The molecule has 2 aromatic carbocycles. The molecule has 2 aromatic rings. The van der Waals surface area contributed by atoms with Gasteiger partial charge in [0.05, 0.1) is 0 Å². The number of hydrogen-bond donors (Lipinski definition) is 1. The van der Waals surface area contributed by atoms with Gasteiger partial charge in [-0.2, -0.15) is 0 Å². The first-order valence-corrected chi connectivity index (χ1v) is 7.65. The molecule has 0 aromatic heterocycles. The standard InChI is InChI=1S/C18H21N/c1-2-10-19-12-15(5-1)17-11-14-8-3-6-13-7-4-9-16(17)18(13)14/h3-4,6-9,15,17,19H,1-2,5,10-12H2. The lowest BCUT2D eigenvalue weighted by molar-refractivity contribution is 0.398. The Morgan fingerprint density at radius 1 is 1.00 bits per heavy atom. The van der Waals surface area contributed by atoms with Crippen molar-refractivity contribution in [1.29, 1.82) is 0 Å². The van der Waals surface area contributed by atoms with E-state index in [2.05, 4.69) is 41.7 Å². The van der Waals surface area contributed by atoms with Gasteiger partial charge in [0.1, 0.15) is 0 Å². The summed E-state index contributed by atoms with van der Waals surface area (Å²) in [7, 11) is 0. The largest absolute Gasteiger partial charge is 0.316 e.